The largest absolute Gasteiger partial charge is 0.170 e. The van der Waals surface area contributed by atoms with Gasteiger partial charge in [0.25, 0.3) is 0 Å². The van der Waals surface area contributed by atoms with Crippen molar-refractivity contribution in [1.29, 1.82) is 0 Å². The molecule has 0 aliphatic heterocycles. The highest BCUT2D eigenvalue weighted by atomic mass is 14.0. The fourth-order valence-corrected chi connectivity index (χ4v) is 1.95. The average Bonchev–Trinajstić information content (AvgIpc) is 2.27. The fourth-order valence-electron chi connectivity index (χ4n) is 1.95. The molecular weight excluding hydrogens is 179 g/mol. The zero-order valence-electron chi connectivity index (χ0n) is 9.33. The molecule has 0 atom stereocenters. The SMILES string of the molecule is C=Cc1cc2ccccc2cc1B(C)C. The van der Waals surface area contributed by atoms with Crippen molar-refractivity contribution in [1.82, 2.24) is 0 Å². The van der Waals surface area contributed by atoms with E-state index in [1.165, 1.54) is 21.8 Å². The summed E-state index contributed by atoms with van der Waals surface area (Å²) >= 11 is 0. The molecule has 0 saturated carbocycles. The van der Waals surface area contributed by atoms with Crippen molar-refractivity contribution in [3.05, 3.63) is 48.5 Å². The Balaban J connectivity index is 2.74. The maximum Gasteiger partial charge on any atom is 0.170 e. The third-order valence-electron chi connectivity index (χ3n) is 2.79. The van der Waals surface area contributed by atoms with E-state index in [9.17, 15) is 0 Å². The molecule has 0 saturated heterocycles. The minimum Gasteiger partial charge on any atom is -0.0985 e. The fraction of sp³-hybridized carbons (Fsp3) is 0.143. The molecule has 0 spiro atoms. The average molecular weight is 194 g/mol. The van der Waals surface area contributed by atoms with Gasteiger partial charge >= 0.3 is 0 Å². The third kappa shape index (κ3) is 1.82. The Labute approximate surface area is 91.7 Å². The van der Waals surface area contributed by atoms with Crippen LogP contribution in [-0.4, -0.2) is 6.71 Å². The molecule has 0 unspecified atom stereocenters. The molecule has 15 heavy (non-hydrogen) atoms. The van der Waals surface area contributed by atoms with Crippen molar-refractivity contribution < 1.29 is 0 Å². The van der Waals surface area contributed by atoms with Crippen LogP contribution in [0.2, 0.25) is 13.6 Å². The van der Waals surface area contributed by atoms with E-state index in [2.05, 4.69) is 56.6 Å². The number of hydrogen-bond acceptors (Lipinski definition) is 0. The van der Waals surface area contributed by atoms with Gasteiger partial charge in [0.15, 0.2) is 6.71 Å². The first-order chi connectivity index (χ1) is 7.22. The third-order valence-corrected chi connectivity index (χ3v) is 2.79. The first-order valence-electron chi connectivity index (χ1n) is 5.37. The van der Waals surface area contributed by atoms with Gasteiger partial charge in [-0.1, -0.05) is 62.1 Å². The molecule has 2 aromatic rings. The maximum absolute atomic E-state index is 3.88. The molecule has 0 amide bonds. The summed E-state index contributed by atoms with van der Waals surface area (Å²) in [6, 6.07) is 13.0. The summed E-state index contributed by atoms with van der Waals surface area (Å²) in [5.74, 6) is 0. The molecule has 0 heterocycles. The van der Waals surface area contributed by atoms with Crippen LogP contribution in [0.15, 0.2) is 43.0 Å². The first-order valence-corrected chi connectivity index (χ1v) is 5.37. The first kappa shape index (κ1) is 10.0. The van der Waals surface area contributed by atoms with Crippen LogP contribution in [0.5, 0.6) is 0 Å². The van der Waals surface area contributed by atoms with Crippen LogP contribution in [0, 0.1) is 0 Å². The molecule has 0 aliphatic carbocycles. The van der Waals surface area contributed by atoms with Crippen LogP contribution in [0.4, 0.5) is 0 Å². The van der Waals surface area contributed by atoms with Gasteiger partial charge in [0.05, 0.1) is 0 Å². The quantitative estimate of drug-likeness (QED) is 0.642. The Kier molecular flexibility index (Phi) is 2.63. The van der Waals surface area contributed by atoms with E-state index in [-0.39, 0.29) is 0 Å². The lowest BCUT2D eigenvalue weighted by molar-refractivity contribution is 1.73. The topological polar surface area (TPSA) is 0 Å². The van der Waals surface area contributed by atoms with Crippen LogP contribution in [0.1, 0.15) is 5.56 Å². The number of rotatable bonds is 2. The highest BCUT2D eigenvalue weighted by molar-refractivity contribution is 6.71. The second kappa shape index (κ2) is 3.94. The van der Waals surface area contributed by atoms with Gasteiger partial charge in [-0.2, -0.15) is 0 Å². The minimum absolute atomic E-state index is 0.544. The van der Waals surface area contributed by atoms with Crippen LogP contribution in [-0.2, 0) is 0 Å². The van der Waals surface area contributed by atoms with Gasteiger partial charge in [0.2, 0.25) is 0 Å². The summed E-state index contributed by atoms with van der Waals surface area (Å²) < 4.78 is 0. The summed E-state index contributed by atoms with van der Waals surface area (Å²) in [6.45, 7) is 8.86. The van der Waals surface area contributed by atoms with Crippen LogP contribution in [0.3, 0.4) is 0 Å². The maximum atomic E-state index is 3.88. The standard InChI is InChI=1S/C14H15B/c1-4-11-9-12-7-5-6-8-13(12)10-14(11)15(2)3/h4-10H,1H2,2-3H3. The van der Waals surface area contributed by atoms with Crippen molar-refractivity contribution in [2.75, 3.05) is 0 Å². The molecule has 0 radical (unpaired) electrons. The monoisotopic (exact) mass is 194 g/mol. The van der Waals surface area contributed by atoms with Crippen molar-refractivity contribution in [2.24, 2.45) is 0 Å². The normalized spacial score (nSPS) is 10.3. The van der Waals surface area contributed by atoms with E-state index in [4.69, 9.17) is 0 Å². The van der Waals surface area contributed by atoms with Gasteiger partial charge in [0, 0.05) is 0 Å². The molecule has 0 N–H and O–H groups in total. The van der Waals surface area contributed by atoms with Crippen LogP contribution < -0.4 is 5.46 Å². The highest BCUT2D eigenvalue weighted by Crippen LogP contribution is 2.15. The predicted octanol–water partition coefficient (Wildman–Crippen LogP) is 3.44. The van der Waals surface area contributed by atoms with E-state index in [0.29, 0.717) is 6.71 Å². The molecule has 0 fully saturated rings. The van der Waals surface area contributed by atoms with Crippen LogP contribution in [0.25, 0.3) is 16.8 Å². The van der Waals surface area contributed by atoms with Gasteiger partial charge < -0.3 is 0 Å². The summed E-state index contributed by atoms with van der Waals surface area (Å²) in [4.78, 5) is 0. The Hall–Kier alpha value is -1.50. The lowest BCUT2D eigenvalue weighted by atomic mass is 9.48. The van der Waals surface area contributed by atoms with Gasteiger partial charge in [-0.3, -0.25) is 0 Å². The van der Waals surface area contributed by atoms with E-state index in [1.54, 1.807) is 0 Å². The highest BCUT2D eigenvalue weighted by Gasteiger charge is 2.08. The number of hydrogen-bond donors (Lipinski definition) is 0. The molecular formula is C14H15B. The van der Waals surface area contributed by atoms with Gasteiger partial charge in [0.1, 0.15) is 0 Å². The Morgan fingerprint density at radius 2 is 1.67 bits per heavy atom. The number of fused-ring (bicyclic) bond motifs is 1. The summed E-state index contributed by atoms with van der Waals surface area (Å²) in [5, 5.41) is 2.60. The molecule has 2 rings (SSSR count). The zero-order valence-corrected chi connectivity index (χ0v) is 9.33. The van der Waals surface area contributed by atoms with Crippen LogP contribution >= 0.6 is 0 Å². The lowest BCUT2D eigenvalue weighted by Crippen LogP contribution is -2.25. The van der Waals surface area contributed by atoms with Crippen molar-refractivity contribution in [3.8, 4) is 0 Å². The van der Waals surface area contributed by atoms with Crippen molar-refractivity contribution in [2.45, 2.75) is 13.6 Å². The molecule has 2 aromatic carbocycles. The lowest BCUT2D eigenvalue weighted by Gasteiger charge is -2.09. The van der Waals surface area contributed by atoms with E-state index in [1.807, 2.05) is 6.08 Å². The van der Waals surface area contributed by atoms with Crippen molar-refractivity contribution in [3.63, 3.8) is 0 Å². The smallest absolute Gasteiger partial charge is 0.0985 e. The Bertz CT molecular complexity index is 498. The summed E-state index contributed by atoms with van der Waals surface area (Å²) in [6.07, 6.45) is 1.95. The second-order valence-corrected chi connectivity index (χ2v) is 4.19. The van der Waals surface area contributed by atoms with Gasteiger partial charge in [-0.05, 0) is 22.4 Å². The molecule has 1 heteroatoms. The molecule has 0 nitrogen and oxygen atoms in total. The van der Waals surface area contributed by atoms with Gasteiger partial charge in [-0.25, -0.2) is 0 Å². The van der Waals surface area contributed by atoms with E-state index in [0.717, 1.165) is 0 Å². The summed E-state index contributed by atoms with van der Waals surface area (Å²) in [5.41, 5.74) is 2.63. The minimum atomic E-state index is 0.544. The molecule has 74 valence electrons. The second-order valence-electron chi connectivity index (χ2n) is 4.19. The predicted molar refractivity (Wildman–Crippen MR) is 71.2 cm³/mol. The molecule has 0 bridgehead atoms. The Morgan fingerprint density at radius 3 is 2.20 bits per heavy atom. The molecule has 0 aromatic heterocycles. The van der Waals surface area contributed by atoms with E-state index >= 15 is 0 Å². The van der Waals surface area contributed by atoms with Gasteiger partial charge in [-0.15, -0.1) is 0 Å². The van der Waals surface area contributed by atoms with Crippen molar-refractivity contribution >= 4 is 29.0 Å². The zero-order chi connectivity index (χ0) is 10.8. The Morgan fingerprint density at radius 1 is 1.07 bits per heavy atom. The molecule has 0 aliphatic rings. The summed E-state index contributed by atoms with van der Waals surface area (Å²) in [7, 11) is 0. The van der Waals surface area contributed by atoms with E-state index < -0.39 is 0 Å². The number of benzene rings is 2.